The van der Waals surface area contributed by atoms with Gasteiger partial charge in [0.2, 0.25) is 5.91 Å². The molecule has 1 amide bonds. The highest BCUT2D eigenvalue weighted by atomic mass is 16.1. The van der Waals surface area contributed by atoms with Crippen molar-refractivity contribution in [1.82, 2.24) is 10.6 Å². The van der Waals surface area contributed by atoms with Gasteiger partial charge in [0.25, 0.3) is 0 Å². The predicted octanol–water partition coefficient (Wildman–Crippen LogP) is 2.56. The van der Waals surface area contributed by atoms with Crippen molar-refractivity contribution in [2.75, 3.05) is 19.6 Å². The van der Waals surface area contributed by atoms with Crippen LogP contribution in [0.15, 0.2) is 0 Å². The van der Waals surface area contributed by atoms with Crippen molar-refractivity contribution < 1.29 is 4.79 Å². The third-order valence-corrected chi connectivity index (χ3v) is 3.60. The SMILES string of the molecule is CC(C)CC(C)(C)CNC(=O)CC1CCCNC1. The van der Waals surface area contributed by atoms with Gasteiger partial charge < -0.3 is 10.6 Å². The van der Waals surface area contributed by atoms with Crippen LogP contribution in [0.5, 0.6) is 0 Å². The smallest absolute Gasteiger partial charge is 0.220 e. The van der Waals surface area contributed by atoms with Crippen LogP contribution in [0.3, 0.4) is 0 Å². The zero-order valence-corrected chi connectivity index (χ0v) is 12.5. The van der Waals surface area contributed by atoms with Gasteiger partial charge in [0.05, 0.1) is 0 Å². The number of carbonyl (C=O) groups excluding carboxylic acids is 1. The molecule has 2 N–H and O–H groups in total. The van der Waals surface area contributed by atoms with E-state index in [1.807, 2.05) is 0 Å². The van der Waals surface area contributed by atoms with E-state index in [1.165, 1.54) is 12.8 Å². The summed E-state index contributed by atoms with van der Waals surface area (Å²) in [6.07, 6.45) is 4.23. The van der Waals surface area contributed by atoms with Crippen LogP contribution in [-0.2, 0) is 4.79 Å². The Morgan fingerprint density at radius 3 is 2.72 bits per heavy atom. The lowest BCUT2D eigenvalue weighted by molar-refractivity contribution is -0.122. The van der Waals surface area contributed by atoms with E-state index >= 15 is 0 Å². The molecular weight excluding hydrogens is 224 g/mol. The highest BCUT2D eigenvalue weighted by Crippen LogP contribution is 2.24. The molecule has 0 aliphatic carbocycles. The Morgan fingerprint density at radius 2 is 2.17 bits per heavy atom. The lowest BCUT2D eigenvalue weighted by Gasteiger charge is -2.28. The Hall–Kier alpha value is -0.570. The maximum absolute atomic E-state index is 11.9. The van der Waals surface area contributed by atoms with Crippen LogP contribution in [0.4, 0.5) is 0 Å². The maximum Gasteiger partial charge on any atom is 0.220 e. The zero-order chi connectivity index (χ0) is 13.6. The molecule has 18 heavy (non-hydrogen) atoms. The Labute approximate surface area is 112 Å². The number of carbonyl (C=O) groups is 1. The van der Waals surface area contributed by atoms with Gasteiger partial charge >= 0.3 is 0 Å². The van der Waals surface area contributed by atoms with E-state index in [9.17, 15) is 4.79 Å². The van der Waals surface area contributed by atoms with Gasteiger partial charge in [-0.2, -0.15) is 0 Å². The van der Waals surface area contributed by atoms with Crippen LogP contribution in [-0.4, -0.2) is 25.5 Å². The molecule has 1 saturated heterocycles. The van der Waals surface area contributed by atoms with Crippen molar-refractivity contribution in [3.05, 3.63) is 0 Å². The number of rotatable bonds is 6. The average Bonchev–Trinajstić information content (AvgIpc) is 2.26. The van der Waals surface area contributed by atoms with Crippen LogP contribution in [0.25, 0.3) is 0 Å². The lowest BCUT2D eigenvalue weighted by Crippen LogP contribution is -2.38. The largest absolute Gasteiger partial charge is 0.356 e. The molecule has 3 heteroatoms. The Bertz CT molecular complexity index is 255. The van der Waals surface area contributed by atoms with Gasteiger partial charge in [-0.3, -0.25) is 4.79 Å². The third kappa shape index (κ3) is 6.39. The second-order valence-electron chi connectivity index (χ2n) is 6.96. The first-order valence-corrected chi connectivity index (χ1v) is 7.36. The molecule has 0 bridgehead atoms. The van der Waals surface area contributed by atoms with E-state index in [2.05, 4.69) is 38.3 Å². The Morgan fingerprint density at radius 1 is 1.44 bits per heavy atom. The summed E-state index contributed by atoms with van der Waals surface area (Å²) in [5, 5.41) is 6.47. The van der Waals surface area contributed by atoms with Gasteiger partial charge in [-0.1, -0.05) is 27.7 Å². The molecule has 1 aliphatic heterocycles. The number of amides is 1. The molecular formula is C15H30N2O. The molecule has 1 aliphatic rings. The molecule has 1 unspecified atom stereocenters. The van der Waals surface area contributed by atoms with Crippen molar-refractivity contribution in [3.8, 4) is 0 Å². The summed E-state index contributed by atoms with van der Waals surface area (Å²) in [7, 11) is 0. The predicted molar refractivity (Wildman–Crippen MR) is 76.5 cm³/mol. The van der Waals surface area contributed by atoms with E-state index in [-0.39, 0.29) is 11.3 Å². The van der Waals surface area contributed by atoms with E-state index in [0.717, 1.165) is 26.1 Å². The quantitative estimate of drug-likeness (QED) is 0.765. The minimum atomic E-state index is 0.203. The van der Waals surface area contributed by atoms with Crippen molar-refractivity contribution in [2.45, 2.75) is 53.4 Å². The fourth-order valence-electron chi connectivity index (χ4n) is 2.95. The zero-order valence-electron chi connectivity index (χ0n) is 12.5. The minimum absolute atomic E-state index is 0.203. The summed E-state index contributed by atoms with van der Waals surface area (Å²) in [5.41, 5.74) is 0.203. The van der Waals surface area contributed by atoms with Crippen molar-refractivity contribution in [2.24, 2.45) is 17.3 Å². The van der Waals surface area contributed by atoms with Gasteiger partial charge in [-0.05, 0) is 49.6 Å². The Kier molecular flexibility index (Phi) is 6.13. The fourth-order valence-corrected chi connectivity index (χ4v) is 2.95. The minimum Gasteiger partial charge on any atom is -0.356 e. The van der Waals surface area contributed by atoms with E-state index in [0.29, 0.717) is 18.3 Å². The van der Waals surface area contributed by atoms with E-state index in [4.69, 9.17) is 0 Å². The number of hydrogen-bond donors (Lipinski definition) is 2. The first kappa shape index (κ1) is 15.5. The molecule has 106 valence electrons. The molecule has 0 aromatic carbocycles. The van der Waals surface area contributed by atoms with Crippen LogP contribution in [0, 0.1) is 17.3 Å². The monoisotopic (exact) mass is 254 g/mol. The lowest BCUT2D eigenvalue weighted by atomic mass is 9.84. The summed E-state index contributed by atoms with van der Waals surface area (Å²) in [6.45, 7) is 11.8. The topological polar surface area (TPSA) is 41.1 Å². The molecule has 0 radical (unpaired) electrons. The highest BCUT2D eigenvalue weighted by Gasteiger charge is 2.22. The molecule has 3 nitrogen and oxygen atoms in total. The molecule has 1 heterocycles. The van der Waals surface area contributed by atoms with Gasteiger partial charge in [-0.25, -0.2) is 0 Å². The molecule has 1 atom stereocenters. The second kappa shape index (κ2) is 7.13. The van der Waals surface area contributed by atoms with Crippen LogP contribution in [0.2, 0.25) is 0 Å². The summed E-state index contributed by atoms with van der Waals surface area (Å²) < 4.78 is 0. The second-order valence-corrected chi connectivity index (χ2v) is 6.96. The maximum atomic E-state index is 11.9. The number of piperidine rings is 1. The van der Waals surface area contributed by atoms with Gasteiger partial charge in [0.15, 0.2) is 0 Å². The van der Waals surface area contributed by atoms with Gasteiger partial charge in [-0.15, -0.1) is 0 Å². The van der Waals surface area contributed by atoms with Gasteiger partial charge in [0, 0.05) is 13.0 Å². The van der Waals surface area contributed by atoms with E-state index in [1.54, 1.807) is 0 Å². The average molecular weight is 254 g/mol. The van der Waals surface area contributed by atoms with Crippen molar-refractivity contribution in [3.63, 3.8) is 0 Å². The Balaban J connectivity index is 2.23. The van der Waals surface area contributed by atoms with Crippen molar-refractivity contribution in [1.29, 1.82) is 0 Å². The highest BCUT2D eigenvalue weighted by molar-refractivity contribution is 5.76. The first-order chi connectivity index (χ1) is 8.39. The molecule has 1 rings (SSSR count). The third-order valence-electron chi connectivity index (χ3n) is 3.60. The number of nitrogens with one attached hydrogen (secondary N) is 2. The number of hydrogen-bond acceptors (Lipinski definition) is 2. The standard InChI is InChI=1S/C15H30N2O/c1-12(2)9-15(3,4)11-17-14(18)8-13-6-5-7-16-10-13/h12-13,16H,5-11H2,1-4H3,(H,17,18). The summed E-state index contributed by atoms with van der Waals surface area (Å²) >= 11 is 0. The summed E-state index contributed by atoms with van der Waals surface area (Å²) in [5.74, 6) is 1.44. The van der Waals surface area contributed by atoms with Crippen molar-refractivity contribution >= 4 is 5.91 Å². The first-order valence-electron chi connectivity index (χ1n) is 7.36. The molecule has 0 aromatic heterocycles. The molecule has 0 spiro atoms. The molecule has 1 fully saturated rings. The van der Waals surface area contributed by atoms with Crippen LogP contribution >= 0.6 is 0 Å². The normalized spacial score (nSPS) is 21.1. The summed E-state index contributed by atoms with van der Waals surface area (Å²) in [4.78, 5) is 11.9. The van der Waals surface area contributed by atoms with Crippen LogP contribution < -0.4 is 10.6 Å². The molecule has 0 saturated carbocycles. The summed E-state index contributed by atoms with van der Waals surface area (Å²) in [6, 6.07) is 0. The van der Waals surface area contributed by atoms with Gasteiger partial charge in [0.1, 0.15) is 0 Å². The van der Waals surface area contributed by atoms with E-state index < -0.39 is 0 Å². The molecule has 0 aromatic rings. The van der Waals surface area contributed by atoms with Crippen LogP contribution in [0.1, 0.15) is 53.4 Å². The fraction of sp³-hybridized carbons (Fsp3) is 0.933.